The molecular formula is C23H19F3N6O2. The first-order chi connectivity index (χ1) is 16.1. The molecule has 1 aliphatic rings. The molecular weight excluding hydrogens is 449 g/mol. The molecule has 2 aromatic heterocycles. The molecule has 3 aromatic rings. The number of aromatic nitrogens is 2. The normalized spacial score (nSPS) is 17.1. The van der Waals surface area contributed by atoms with Crippen molar-refractivity contribution in [2.45, 2.75) is 19.5 Å². The Bertz CT molecular complexity index is 1350. The number of pyridine rings is 2. The molecule has 8 nitrogen and oxygen atoms in total. The molecule has 1 saturated carbocycles. The number of carbonyl (C=O) groups excluding carboxylic acids is 2. The maximum Gasteiger partial charge on any atom is 0.405 e. The Balaban J connectivity index is 1.59. The van der Waals surface area contributed by atoms with Gasteiger partial charge in [0.25, 0.3) is 5.91 Å². The van der Waals surface area contributed by atoms with Crippen molar-refractivity contribution in [3.05, 3.63) is 47.7 Å². The van der Waals surface area contributed by atoms with Crippen LogP contribution in [-0.4, -0.2) is 34.5 Å². The van der Waals surface area contributed by atoms with E-state index in [-0.39, 0.29) is 29.1 Å². The minimum absolute atomic E-state index is 0.0872. The number of halogens is 3. The molecule has 1 aliphatic carbocycles. The first-order valence-corrected chi connectivity index (χ1v) is 10.3. The molecule has 34 heavy (non-hydrogen) atoms. The van der Waals surface area contributed by atoms with Crippen LogP contribution in [-0.2, 0) is 4.79 Å². The lowest BCUT2D eigenvalue weighted by Crippen LogP contribution is -2.33. The van der Waals surface area contributed by atoms with Crippen molar-refractivity contribution in [1.82, 2.24) is 15.3 Å². The summed E-state index contributed by atoms with van der Waals surface area (Å²) in [6.45, 7) is 0.289. The van der Waals surface area contributed by atoms with Crippen LogP contribution in [0.15, 0.2) is 36.5 Å². The molecule has 1 aromatic carbocycles. The third kappa shape index (κ3) is 4.91. The maximum atomic E-state index is 12.4. The van der Waals surface area contributed by atoms with Gasteiger partial charge in [-0.3, -0.25) is 9.59 Å². The minimum atomic E-state index is -4.50. The Labute approximate surface area is 192 Å². The van der Waals surface area contributed by atoms with Gasteiger partial charge < -0.3 is 16.4 Å². The van der Waals surface area contributed by atoms with Crippen LogP contribution in [0.5, 0.6) is 0 Å². The summed E-state index contributed by atoms with van der Waals surface area (Å²) in [6.07, 6.45) is -2.48. The van der Waals surface area contributed by atoms with Gasteiger partial charge in [0.05, 0.1) is 23.6 Å². The first kappa shape index (κ1) is 23.0. The molecule has 174 valence electrons. The Morgan fingerprint density at radius 2 is 2.03 bits per heavy atom. The summed E-state index contributed by atoms with van der Waals surface area (Å²) < 4.78 is 37.1. The quantitative estimate of drug-likeness (QED) is 0.524. The monoisotopic (exact) mass is 468 g/mol. The maximum absolute atomic E-state index is 12.4. The van der Waals surface area contributed by atoms with E-state index in [1.807, 2.05) is 5.32 Å². The number of nitrogens with zero attached hydrogens (tertiary/aromatic N) is 3. The summed E-state index contributed by atoms with van der Waals surface area (Å²) in [5, 5.41) is 14.7. The van der Waals surface area contributed by atoms with Crippen LogP contribution in [0.3, 0.4) is 0 Å². The van der Waals surface area contributed by atoms with Gasteiger partial charge in [-0.05, 0) is 48.6 Å². The molecule has 0 aliphatic heterocycles. The zero-order valence-corrected chi connectivity index (χ0v) is 17.9. The molecule has 0 bridgehead atoms. The molecule has 4 N–H and O–H groups in total. The van der Waals surface area contributed by atoms with Crippen LogP contribution in [0.1, 0.15) is 22.3 Å². The number of aryl methyl sites for hydroxylation is 1. The van der Waals surface area contributed by atoms with Gasteiger partial charge in [-0.15, -0.1) is 0 Å². The van der Waals surface area contributed by atoms with Gasteiger partial charge in [-0.1, -0.05) is 6.07 Å². The summed E-state index contributed by atoms with van der Waals surface area (Å²) >= 11 is 0. The average molecular weight is 468 g/mol. The molecule has 11 heteroatoms. The summed E-state index contributed by atoms with van der Waals surface area (Å²) in [5.41, 5.74) is 7.93. The number of amides is 2. The van der Waals surface area contributed by atoms with Gasteiger partial charge >= 0.3 is 6.18 Å². The molecule has 4 rings (SSSR count). The SMILES string of the molecule is Cc1cc(C(=O)NCC(F)(F)F)ccc1-c1cc2cc(NC(=O)[C@@H]3C[C@H]3C#N)ncc2c(N)n1. The smallest absolute Gasteiger partial charge is 0.383 e. The second-order valence-electron chi connectivity index (χ2n) is 8.08. The van der Waals surface area contributed by atoms with Crippen molar-refractivity contribution in [2.75, 3.05) is 17.6 Å². The number of nitrogens with one attached hydrogen (secondary N) is 2. The second-order valence-corrected chi connectivity index (χ2v) is 8.08. The fourth-order valence-electron chi connectivity index (χ4n) is 3.60. The standard InChI is InChI=1S/C23H19F3N6O2/c1-11-4-12(21(33)30-10-23(24,25)26)2-3-15(11)18-6-13-7-19(29-9-17(13)20(28)31-18)32-22(34)16-5-14(16)8-27/h2-4,6-7,9,14,16H,5,10H2,1H3,(H2,28,31)(H,30,33)(H,29,32,34)/t14-,16+/m0/s1. The molecule has 0 saturated heterocycles. The lowest BCUT2D eigenvalue weighted by atomic mass is 10.0. The Morgan fingerprint density at radius 1 is 1.26 bits per heavy atom. The Kier molecular flexibility index (Phi) is 5.83. The summed E-state index contributed by atoms with van der Waals surface area (Å²) in [5.74, 6) is -1.19. The summed E-state index contributed by atoms with van der Waals surface area (Å²) in [6, 6.07) is 9.93. The number of benzene rings is 1. The van der Waals surface area contributed by atoms with Crippen LogP contribution >= 0.6 is 0 Å². The zero-order chi connectivity index (χ0) is 24.6. The molecule has 2 heterocycles. The molecule has 2 amide bonds. The van der Waals surface area contributed by atoms with E-state index in [0.29, 0.717) is 39.8 Å². The van der Waals surface area contributed by atoms with Crippen LogP contribution in [0.4, 0.5) is 24.8 Å². The first-order valence-electron chi connectivity index (χ1n) is 10.3. The van der Waals surface area contributed by atoms with Gasteiger partial charge in [-0.2, -0.15) is 18.4 Å². The number of nitrogens with two attached hydrogens (primary N) is 1. The zero-order valence-electron chi connectivity index (χ0n) is 17.9. The Hall–Kier alpha value is -4.20. The lowest BCUT2D eigenvalue weighted by Gasteiger charge is -2.12. The van der Waals surface area contributed by atoms with E-state index >= 15 is 0 Å². The van der Waals surface area contributed by atoms with E-state index in [9.17, 15) is 22.8 Å². The average Bonchev–Trinajstić information content (AvgIpc) is 3.57. The van der Waals surface area contributed by atoms with Crippen LogP contribution in [0.2, 0.25) is 0 Å². The van der Waals surface area contributed by atoms with Gasteiger partial charge in [0.2, 0.25) is 5.91 Å². The highest BCUT2D eigenvalue weighted by Crippen LogP contribution is 2.38. The van der Waals surface area contributed by atoms with E-state index in [1.54, 1.807) is 25.1 Å². The number of hydrogen-bond acceptors (Lipinski definition) is 6. The van der Waals surface area contributed by atoms with Gasteiger partial charge in [-0.25, -0.2) is 9.97 Å². The molecule has 2 atom stereocenters. The van der Waals surface area contributed by atoms with E-state index < -0.39 is 18.6 Å². The van der Waals surface area contributed by atoms with Crippen molar-refractivity contribution in [2.24, 2.45) is 11.8 Å². The fourth-order valence-corrected chi connectivity index (χ4v) is 3.60. The third-order valence-electron chi connectivity index (χ3n) is 5.50. The molecule has 1 fully saturated rings. The number of rotatable bonds is 5. The van der Waals surface area contributed by atoms with E-state index in [2.05, 4.69) is 21.4 Å². The predicted octanol–water partition coefficient (Wildman–Crippen LogP) is 3.58. The number of hydrogen-bond donors (Lipinski definition) is 3. The summed E-state index contributed by atoms with van der Waals surface area (Å²) in [7, 11) is 0. The highest BCUT2D eigenvalue weighted by molar-refractivity contribution is 5.99. The third-order valence-corrected chi connectivity index (χ3v) is 5.50. The largest absolute Gasteiger partial charge is 0.405 e. The molecule has 0 spiro atoms. The van der Waals surface area contributed by atoms with Crippen LogP contribution < -0.4 is 16.4 Å². The van der Waals surface area contributed by atoms with Gasteiger partial charge in [0, 0.05) is 22.7 Å². The van der Waals surface area contributed by atoms with E-state index in [4.69, 9.17) is 11.0 Å². The van der Waals surface area contributed by atoms with Crippen LogP contribution in [0, 0.1) is 30.1 Å². The second kappa shape index (κ2) is 8.62. The van der Waals surface area contributed by atoms with Crippen molar-refractivity contribution in [3.63, 3.8) is 0 Å². The minimum Gasteiger partial charge on any atom is -0.383 e. The van der Waals surface area contributed by atoms with E-state index in [0.717, 1.165) is 0 Å². The predicted molar refractivity (Wildman–Crippen MR) is 118 cm³/mol. The Morgan fingerprint density at radius 3 is 2.68 bits per heavy atom. The molecule has 0 unspecified atom stereocenters. The van der Waals surface area contributed by atoms with Gasteiger partial charge in [0.1, 0.15) is 18.2 Å². The van der Waals surface area contributed by atoms with Crippen molar-refractivity contribution in [3.8, 4) is 17.3 Å². The number of nitrogen functional groups attached to an aromatic ring is 1. The topological polar surface area (TPSA) is 134 Å². The van der Waals surface area contributed by atoms with Gasteiger partial charge in [0.15, 0.2) is 0 Å². The van der Waals surface area contributed by atoms with Crippen LogP contribution in [0.25, 0.3) is 22.0 Å². The number of anilines is 2. The number of alkyl halides is 3. The van der Waals surface area contributed by atoms with Crippen molar-refractivity contribution >= 4 is 34.2 Å². The molecule has 0 radical (unpaired) electrons. The summed E-state index contributed by atoms with van der Waals surface area (Å²) in [4.78, 5) is 32.9. The van der Waals surface area contributed by atoms with E-state index in [1.165, 1.54) is 18.3 Å². The number of carbonyl (C=O) groups is 2. The lowest BCUT2D eigenvalue weighted by molar-refractivity contribution is -0.123. The fraction of sp³-hybridized carbons (Fsp3) is 0.261. The van der Waals surface area contributed by atoms with Crippen molar-refractivity contribution < 1.29 is 22.8 Å². The van der Waals surface area contributed by atoms with Crippen molar-refractivity contribution in [1.29, 1.82) is 5.26 Å². The number of fused-ring (bicyclic) bond motifs is 1. The highest BCUT2D eigenvalue weighted by atomic mass is 19.4. The number of nitriles is 1. The highest BCUT2D eigenvalue weighted by Gasteiger charge is 2.43.